The van der Waals surface area contributed by atoms with Gasteiger partial charge in [0, 0.05) is 11.8 Å². The Kier molecular flexibility index (Phi) is 3.54. The third kappa shape index (κ3) is 2.91. The lowest BCUT2D eigenvalue weighted by Crippen LogP contribution is -2.07. The summed E-state index contributed by atoms with van der Waals surface area (Å²) in [5.41, 5.74) is 0.904. The molecule has 2 rings (SSSR count). The average Bonchev–Trinajstić information content (AvgIpc) is 2.77. The number of aryl methyl sites for hydroxylation is 1. The van der Waals surface area contributed by atoms with E-state index in [2.05, 4.69) is 29.4 Å². The molecule has 1 amide bonds. The smallest absolute Gasteiger partial charge is 0.222 e. The first-order chi connectivity index (χ1) is 8.19. The Hall–Kier alpha value is -1.68. The maximum atomic E-state index is 11.0. The lowest BCUT2D eigenvalue weighted by atomic mass is 10.3. The third-order valence-electron chi connectivity index (χ3n) is 2.32. The molecule has 0 fully saturated rings. The fraction of sp³-hybridized carbons (Fsp3) is 0.231. The van der Waals surface area contributed by atoms with Gasteiger partial charge in [0.1, 0.15) is 5.82 Å². The maximum Gasteiger partial charge on any atom is 0.222 e. The normalized spacial score (nSPS) is 10.2. The second-order valence-corrected chi connectivity index (χ2v) is 4.88. The van der Waals surface area contributed by atoms with Crippen LogP contribution in [0, 0.1) is 0 Å². The summed E-state index contributed by atoms with van der Waals surface area (Å²) in [5, 5.41) is 2.69. The highest BCUT2D eigenvalue weighted by atomic mass is 32.1. The standard InChI is InChI=1S/C13H14N2OS/c1-3-10-7-8-12(17-10)11-5-4-6-13(15-11)14-9(2)16/h4-8H,3H2,1-2H3,(H,14,15,16). The molecule has 2 heterocycles. The van der Waals surface area contributed by atoms with Crippen molar-refractivity contribution in [1.82, 2.24) is 4.98 Å². The second-order valence-electron chi connectivity index (χ2n) is 3.71. The zero-order chi connectivity index (χ0) is 12.3. The number of amides is 1. The fourth-order valence-electron chi connectivity index (χ4n) is 1.53. The molecule has 0 atom stereocenters. The van der Waals surface area contributed by atoms with Crippen LogP contribution in [0.25, 0.3) is 10.6 Å². The Labute approximate surface area is 105 Å². The van der Waals surface area contributed by atoms with Gasteiger partial charge in [0.2, 0.25) is 5.91 Å². The van der Waals surface area contributed by atoms with Crippen molar-refractivity contribution in [2.24, 2.45) is 0 Å². The van der Waals surface area contributed by atoms with Crippen LogP contribution in [0.3, 0.4) is 0 Å². The van der Waals surface area contributed by atoms with Crippen molar-refractivity contribution in [2.45, 2.75) is 20.3 Å². The zero-order valence-corrected chi connectivity index (χ0v) is 10.7. The Morgan fingerprint density at radius 1 is 1.35 bits per heavy atom. The van der Waals surface area contributed by atoms with Crippen LogP contribution in [0.1, 0.15) is 18.7 Å². The minimum absolute atomic E-state index is 0.102. The van der Waals surface area contributed by atoms with Crippen molar-refractivity contribution in [3.8, 4) is 10.6 Å². The van der Waals surface area contributed by atoms with Crippen molar-refractivity contribution >= 4 is 23.1 Å². The van der Waals surface area contributed by atoms with Crippen LogP contribution in [-0.4, -0.2) is 10.9 Å². The topological polar surface area (TPSA) is 42.0 Å². The first-order valence-corrected chi connectivity index (χ1v) is 6.34. The predicted octanol–water partition coefficient (Wildman–Crippen LogP) is 3.33. The Bertz CT molecular complexity index is 534. The molecule has 17 heavy (non-hydrogen) atoms. The Morgan fingerprint density at radius 2 is 2.18 bits per heavy atom. The van der Waals surface area contributed by atoms with Crippen molar-refractivity contribution in [1.29, 1.82) is 0 Å². The first-order valence-electron chi connectivity index (χ1n) is 5.52. The number of rotatable bonds is 3. The molecule has 0 saturated heterocycles. The predicted molar refractivity (Wildman–Crippen MR) is 71.2 cm³/mol. The molecule has 2 aromatic rings. The van der Waals surface area contributed by atoms with Gasteiger partial charge >= 0.3 is 0 Å². The lowest BCUT2D eigenvalue weighted by molar-refractivity contribution is -0.114. The van der Waals surface area contributed by atoms with E-state index < -0.39 is 0 Å². The van der Waals surface area contributed by atoms with Crippen molar-refractivity contribution in [3.05, 3.63) is 35.2 Å². The highest BCUT2D eigenvalue weighted by molar-refractivity contribution is 7.15. The number of nitrogens with zero attached hydrogens (tertiary/aromatic N) is 1. The molecule has 0 aliphatic heterocycles. The molecular weight excluding hydrogens is 232 g/mol. The highest BCUT2D eigenvalue weighted by Gasteiger charge is 2.04. The van der Waals surface area contributed by atoms with Crippen LogP contribution >= 0.6 is 11.3 Å². The average molecular weight is 246 g/mol. The van der Waals surface area contributed by atoms with Crippen LogP contribution in [0.4, 0.5) is 5.82 Å². The summed E-state index contributed by atoms with van der Waals surface area (Å²) in [5.74, 6) is 0.497. The number of thiophene rings is 1. The molecule has 0 aliphatic carbocycles. The number of pyridine rings is 1. The number of aromatic nitrogens is 1. The number of hydrogen-bond acceptors (Lipinski definition) is 3. The number of carbonyl (C=O) groups excluding carboxylic acids is 1. The molecule has 0 saturated carbocycles. The highest BCUT2D eigenvalue weighted by Crippen LogP contribution is 2.27. The van der Waals surface area contributed by atoms with Crippen molar-refractivity contribution in [2.75, 3.05) is 5.32 Å². The summed E-state index contributed by atoms with van der Waals surface area (Å²) < 4.78 is 0. The molecule has 0 aliphatic rings. The molecular formula is C13H14N2OS. The van der Waals surface area contributed by atoms with Gasteiger partial charge in [-0.2, -0.15) is 0 Å². The Morgan fingerprint density at radius 3 is 2.82 bits per heavy atom. The van der Waals surface area contributed by atoms with Gasteiger partial charge in [-0.05, 0) is 30.7 Å². The molecule has 3 nitrogen and oxygen atoms in total. The molecule has 1 N–H and O–H groups in total. The number of hydrogen-bond donors (Lipinski definition) is 1. The van der Waals surface area contributed by atoms with E-state index in [1.165, 1.54) is 11.8 Å². The molecule has 0 radical (unpaired) electrons. The van der Waals surface area contributed by atoms with Gasteiger partial charge < -0.3 is 5.32 Å². The van der Waals surface area contributed by atoms with E-state index in [0.717, 1.165) is 17.0 Å². The second kappa shape index (κ2) is 5.10. The monoisotopic (exact) mass is 246 g/mol. The minimum atomic E-state index is -0.102. The summed E-state index contributed by atoms with van der Waals surface area (Å²) in [6.07, 6.45) is 1.04. The van der Waals surface area contributed by atoms with Crippen LogP contribution in [0.15, 0.2) is 30.3 Å². The third-order valence-corrected chi connectivity index (χ3v) is 3.57. The van der Waals surface area contributed by atoms with Gasteiger partial charge in [0.15, 0.2) is 0 Å². The van der Waals surface area contributed by atoms with Crippen LogP contribution in [0.2, 0.25) is 0 Å². The number of anilines is 1. The van der Waals surface area contributed by atoms with Crippen LogP contribution in [0.5, 0.6) is 0 Å². The fourth-order valence-corrected chi connectivity index (χ4v) is 2.44. The summed E-state index contributed by atoms with van der Waals surface area (Å²) in [6.45, 7) is 3.62. The maximum absolute atomic E-state index is 11.0. The van der Waals surface area contributed by atoms with E-state index in [9.17, 15) is 4.79 Å². The van der Waals surface area contributed by atoms with Crippen molar-refractivity contribution < 1.29 is 4.79 Å². The quantitative estimate of drug-likeness (QED) is 0.902. The summed E-state index contributed by atoms with van der Waals surface area (Å²) in [6, 6.07) is 9.84. The molecule has 0 bridgehead atoms. The first kappa shape index (κ1) is 11.8. The van der Waals surface area contributed by atoms with Gasteiger partial charge in [-0.25, -0.2) is 4.98 Å². The van der Waals surface area contributed by atoms with E-state index in [4.69, 9.17) is 0 Å². The molecule has 0 aromatic carbocycles. The van der Waals surface area contributed by atoms with Gasteiger partial charge in [-0.3, -0.25) is 4.79 Å². The van der Waals surface area contributed by atoms with E-state index in [-0.39, 0.29) is 5.91 Å². The molecule has 2 aromatic heterocycles. The minimum Gasteiger partial charge on any atom is -0.311 e. The van der Waals surface area contributed by atoms with Crippen LogP contribution in [-0.2, 0) is 11.2 Å². The number of nitrogens with one attached hydrogen (secondary N) is 1. The van der Waals surface area contributed by atoms with Gasteiger partial charge in [-0.1, -0.05) is 13.0 Å². The van der Waals surface area contributed by atoms with E-state index in [1.807, 2.05) is 12.1 Å². The van der Waals surface area contributed by atoms with Gasteiger partial charge in [0.25, 0.3) is 0 Å². The SMILES string of the molecule is CCc1ccc(-c2cccc(NC(C)=O)n2)s1. The summed E-state index contributed by atoms with van der Waals surface area (Å²) >= 11 is 1.74. The summed E-state index contributed by atoms with van der Waals surface area (Å²) in [7, 11) is 0. The molecule has 0 spiro atoms. The summed E-state index contributed by atoms with van der Waals surface area (Å²) in [4.78, 5) is 17.8. The lowest BCUT2D eigenvalue weighted by Gasteiger charge is -2.02. The van der Waals surface area contributed by atoms with Crippen molar-refractivity contribution in [3.63, 3.8) is 0 Å². The molecule has 88 valence electrons. The van der Waals surface area contributed by atoms with E-state index >= 15 is 0 Å². The van der Waals surface area contributed by atoms with E-state index in [0.29, 0.717) is 5.82 Å². The van der Waals surface area contributed by atoms with Gasteiger partial charge in [0.05, 0.1) is 10.6 Å². The number of carbonyl (C=O) groups is 1. The van der Waals surface area contributed by atoms with Crippen LogP contribution < -0.4 is 5.32 Å². The zero-order valence-electron chi connectivity index (χ0n) is 9.86. The van der Waals surface area contributed by atoms with Gasteiger partial charge in [-0.15, -0.1) is 11.3 Å². The van der Waals surface area contributed by atoms with E-state index in [1.54, 1.807) is 17.4 Å². The Balaban J connectivity index is 2.29. The molecule has 0 unspecified atom stereocenters. The largest absolute Gasteiger partial charge is 0.311 e. The molecule has 4 heteroatoms.